The Labute approximate surface area is 365 Å². The van der Waals surface area contributed by atoms with E-state index in [0.717, 1.165) is 40.6 Å². The fourth-order valence-corrected chi connectivity index (χ4v) is 5.97. The second-order valence-corrected chi connectivity index (χ2v) is 15.4. The zero-order valence-corrected chi connectivity index (χ0v) is 35.7. The molecule has 2 amide bonds. The third-order valence-corrected chi connectivity index (χ3v) is 9.61. The van der Waals surface area contributed by atoms with E-state index >= 15 is 0 Å². The minimum Gasteiger partial charge on any atom is -0.461 e. The third-order valence-electron chi connectivity index (χ3n) is 8.76. The van der Waals surface area contributed by atoms with Gasteiger partial charge in [-0.25, -0.2) is 8.42 Å². The van der Waals surface area contributed by atoms with Gasteiger partial charge in [-0.1, -0.05) is 24.3 Å². The lowest BCUT2D eigenvalue weighted by molar-refractivity contribution is -0.119. The molecule has 0 bridgehead atoms. The molecule has 0 saturated carbocycles. The number of fused-ring (bicyclic) bond motifs is 2. The van der Waals surface area contributed by atoms with Gasteiger partial charge in [-0.2, -0.15) is 38.9 Å². The molecular weight excluding hydrogens is 849 g/mol. The van der Waals surface area contributed by atoms with Crippen LogP contribution in [0, 0.1) is 0 Å². The van der Waals surface area contributed by atoms with E-state index in [0.29, 0.717) is 48.7 Å². The number of nitrogens with zero attached hydrogens (tertiary/aromatic N) is 10. The summed E-state index contributed by atoms with van der Waals surface area (Å²) in [6.45, 7) is 1.81. The first-order chi connectivity index (χ1) is 30.8. The predicted molar refractivity (Wildman–Crippen MR) is 237 cm³/mol. The number of carbonyl (C=O) groups excluding carboxylic acids is 2. The average molecular weight is 895 g/mol. The van der Waals surface area contributed by atoms with Crippen molar-refractivity contribution in [1.29, 1.82) is 0 Å². The maximum Gasteiger partial charge on any atom is 0.259 e. The van der Waals surface area contributed by atoms with Gasteiger partial charge < -0.3 is 52.6 Å². The number of nitrogens with two attached hydrogens (primary N) is 3. The summed E-state index contributed by atoms with van der Waals surface area (Å²) in [6.07, 6.45) is 5.65. The zero-order chi connectivity index (χ0) is 45.6. The van der Waals surface area contributed by atoms with Crippen molar-refractivity contribution in [2.75, 3.05) is 73.9 Å². The minimum atomic E-state index is -3.57. The van der Waals surface area contributed by atoms with Crippen LogP contribution in [0.3, 0.4) is 0 Å². The molecule has 8 rings (SSSR count). The highest BCUT2D eigenvalue weighted by atomic mass is 32.2. The lowest BCUT2D eigenvalue weighted by Gasteiger charge is -2.08. The van der Waals surface area contributed by atoms with Crippen molar-refractivity contribution < 1.29 is 26.8 Å². The van der Waals surface area contributed by atoms with E-state index in [1.807, 2.05) is 48.5 Å². The molecule has 6 aromatic heterocycles. The van der Waals surface area contributed by atoms with Gasteiger partial charge in [-0.3, -0.25) is 9.59 Å². The summed E-state index contributed by atoms with van der Waals surface area (Å²) in [4.78, 5) is 46.7. The summed E-state index contributed by atoms with van der Waals surface area (Å²) in [6, 6.07) is 22.7. The molecule has 0 aliphatic carbocycles. The Hall–Kier alpha value is -8.19. The molecule has 0 spiro atoms. The van der Waals surface area contributed by atoms with Gasteiger partial charge in [0.1, 0.15) is 0 Å². The summed E-state index contributed by atoms with van der Waals surface area (Å²) < 4.78 is 35.8. The van der Waals surface area contributed by atoms with E-state index in [2.05, 4.69) is 66.7 Å². The van der Waals surface area contributed by atoms with Crippen LogP contribution in [-0.2, 0) is 32.3 Å². The summed E-state index contributed by atoms with van der Waals surface area (Å²) >= 11 is 0. The Bertz CT molecular complexity index is 2880. The molecule has 25 heteroatoms. The van der Waals surface area contributed by atoms with Gasteiger partial charge >= 0.3 is 0 Å². The largest absolute Gasteiger partial charge is 0.461 e. The molecule has 0 fully saturated rings. The van der Waals surface area contributed by atoms with Gasteiger partial charge in [0.05, 0.1) is 25.6 Å². The number of furan rings is 2. The number of hydrogen-bond acceptors (Lipinski definition) is 20. The third kappa shape index (κ3) is 12.2. The Balaban J connectivity index is 0.000000172. The monoisotopic (exact) mass is 894 g/mol. The molecule has 64 heavy (non-hydrogen) atoms. The Kier molecular flexibility index (Phi) is 14.9. The van der Waals surface area contributed by atoms with Crippen LogP contribution in [0.4, 0.5) is 29.2 Å². The Morgan fingerprint density at radius 3 is 1.58 bits per heavy atom. The SMILES string of the molecule is CNC(=O)CNc1ccc(CCN)cc1.CNC(=O)CNc1ccc(CCNc2nc(N)n3nc(-c4ccco4)nc3n2)cc1.CS(=O)(=O)c1nc(N)n2nc(-c3ccco3)nc2n1. The number of rotatable bonds is 15. The quantitative estimate of drug-likeness (QED) is 0.0718. The zero-order valence-electron chi connectivity index (χ0n) is 34.9. The second kappa shape index (κ2) is 21.1. The first kappa shape index (κ1) is 45.3. The van der Waals surface area contributed by atoms with Crippen LogP contribution in [-0.4, -0.2) is 116 Å². The van der Waals surface area contributed by atoms with Gasteiger partial charge in [0.2, 0.25) is 51.1 Å². The summed E-state index contributed by atoms with van der Waals surface area (Å²) in [5.41, 5.74) is 21.2. The molecule has 24 nitrogen and oxygen atoms in total. The first-order valence-electron chi connectivity index (χ1n) is 19.4. The number of anilines is 5. The predicted octanol–water partition coefficient (Wildman–Crippen LogP) is 1.28. The van der Waals surface area contributed by atoms with Crippen molar-refractivity contribution in [2.24, 2.45) is 5.73 Å². The van der Waals surface area contributed by atoms with E-state index in [1.165, 1.54) is 16.3 Å². The number of hydrogen-bond donors (Lipinski definition) is 8. The molecule has 0 radical (unpaired) electrons. The van der Waals surface area contributed by atoms with Crippen molar-refractivity contribution in [1.82, 2.24) is 59.8 Å². The summed E-state index contributed by atoms with van der Waals surface area (Å²) in [5.74, 6) is 2.32. The number of sulfone groups is 1. The normalized spacial score (nSPS) is 10.9. The van der Waals surface area contributed by atoms with Crippen LogP contribution in [0.5, 0.6) is 0 Å². The van der Waals surface area contributed by atoms with Crippen molar-refractivity contribution >= 4 is 62.4 Å². The number of benzene rings is 2. The molecule has 8 aromatic rings. The van der Waals surface area contributed by atoms with Crippen molar-refractivity contribution in [3.63, 3.8) is 0 Å². The fraction of sp³-hybridized carbons (Fsp3) is 0.231. The molecule has 2 aromatic carbocycles. The number of aromatic nitrogens is 10. The number of likely N-dealkylation sites (N-methyl/N-ethyl adjacent to an activating group) is 2. The van der Waals surface area contributed by atoms with Crippen molar-refractivity contribution in [2.45, 2.75) is 18.0 Å². The van der Waals surface area contributed by atoms with Gasteiger partial charge in [-0.05, 0) is 79.0 Å². The van der Waals surface area contributed by atoms with E-state index in [4.69, 9.17) is 26.0 Å². The molecule has 11 N–H and O–H groups in total. The molecule has 0 aliphatic rings. The highest BCUT2D eigenvalue weighted by Gasteiger charge is 2.19. The fourth-order valence-electron chi connectivity index (χ4n) is 5.46. The van der Waals surface area contributed by atoms with E-state index in [9.17, 15) is 18.0 Å². The van der Waals surface area contributed by atoms with Gasteiger partial charge in [-0.15, -0.1) is 10.2 Å². The van der Waals surface area contributed by atoms with Gasteiger partial charge in [0.15, 0.2) is 11.5 Å². The van der Waals surface area contributed by atoms with Crippen LogP contribution in [0.25, 0.3) is 34.7 Å². The second-order valence-electron chi connectivity index (χ2n) is 13.5. The van der Waals surface area contributed by atoms with Crippen LogP contribution < -0.4 is 43.8 Å². The topological polar surface area (TPSA) is 345 Å². The summed E-state index contributed by atoms with van der Waals surface area (Å²) in [5, 5.41) is 22.3. The molecule has 0 aliphatic heterocycles. The van der Waals surface area contributed by atoms with E-state index < -0.39 is 15.0 Å². The first-order valence-corrected chi connectivity index (χ1v) is 21.3. The van der Waals surface area contributed by atoms with Gasteiger partial charge in [0, 0.05) is 38.3 Å². The van der Waals surface area contributed by atoms with E-state index in [1.54, 1.807) is 44.6 Å². The average Bonchev–Trinajstić information content (AvgIpc) is 4.14. The van der Waals surface area contributed by atoms with Crippen LogP contribution in [0.1, 0.15) is 11.1 Å². The lowest BCUT2D eigenvalue weighted by Crippen LogP contribution is -2.26. The smallest absolute Gasteiger partial charge is 0.259 e. The minimum absolute atomic E-state index is 0.0268. The van der Waals surface area contributed by atoms with Crippen LogP contribution in [0.15, 0.2) is 99.3 Å². The van der Waals surface area contributed by atoms with Crippen molar-refractivity contribution in [3.05, 3.63) is 96.4 Å². The molecular formula is C39H46N18O6S. The maximum atomic E-state index is 11.4. The molecule has 0 saturated heterocycles. The number of nitrogen functional groups attached to an aromatic ring is 2. The summed E-state index contributed by atoms with van der Waals surface area (Å²) in [7, 11) is -0.341. The number of nitrogens with one attached hydrogen (secondary N) is 5. The molecule has 0 atom stereocenters. The number of amides is 2. The Morgan fingerprint density at radius 2 is 1.12 bits per heavy atom. The maximum absolute atomic E-state index is 11.4. The van der Waals surface area contributed by atoms with Gasteiger partial charge in [0.25, 0.3) is 16.7 Å². The van der Waals surface area contributed by atoms with E-state index in [-0.39, 0.29) is 41.9 Å². The lowest BCUT2D eigenvalue weighted by atomic mass is 10.1. The molecule has 6 heterocycles. The molecule has 0 unspecified atom stereocenters. The highest BCUT2D eigenvalue weighted by molar-refractivity contribution is 7.90. The molecule has 334 valence electrons. The van der Waals surface area contributed by atoms with Crippen LogP contribution in [0.2, 0.25) is 0 Å². The highest BCUT2D eigenvalue weighted by Crippen LogP contribution is 2.19. The standard InChI is InChI=1S/C19H21N9O2.C11H17N3O.C9H8N6O3S/c1-21-15(29)11-23-13-6-4-12(5-7-13)8-9-22-18-25-17(20)28-19(26-18)24-16(27-28)14-3-2-10-30-14;1-13-11(15)8-14-10-4-2-9(3-5-10)6-7-12;1-19(16,17)9-12-7(10)15-8(13-9)11-6(14-15)5-3-2-4-18-5/h2-7,10,23H,8-9,11H2,1H3,(H,21,29)(H3,20,22,24,25,26,27);2-5,14H,6-8,12H2,1H3,(H,13,15);2-4H,1H3,(H2,10,11,12,13,14). The van der Waals surface area contributed by atoms with Crippen LogP contribution >= 0.6 is 0 Å². The number of carbonyl (C=O) groups is 2. The van der Waals surface area contributed by atoms with Crippen molar-refractivity contribution in [3.8, 4) is 23.2 Å². The Morgan fingerprint density at radius 1 is 0.641 bits per heavy atom.